The fourth-order valence-electron chi connectivity index (χ4n) is 1.55. The Balaban J connectivity index is 2.79. The van der Waals surface area contributed by atoms with E-state index in [1.165, 1.54) is 7.11 Å². The lowest BCUT2D eigenvalue weighted by Crippen LogP contribution is -2.47. The first-order valence-corrected chi connectivity index (χ1v) is 4.31. The molecule has 0 amide bonds. The third-order valence-corrected chi connectivity index (χ3v) is 2.47. The van der Waals surface area contributed by atoms with E-state index < -0.39 is 30.7 Å². The van der Waals surface area contributed by atoms with E-state index in [1.54, 1.807) is 0 Å². The van der Waals surface area contributed by atoms with Crippen LogP contribution in [0.5, 0.6) is 0 Å². The van der Waals surface area contributed by atoms with Crippen molar-refractivity contribution in [1.82, 2.24) is 0 Å². The molecule has 0 radical (unpaired) electrons. The summed E-state index contributed by atoms with van der Waals surface area (Å²) in [6, 6.07) is 0. The van der Waals surface area contributed by atoms with Gasteiger partial charge in [0.05, 0.1) is 6.10 Å². The van der Waals surface area contributed by atoms with Crippen LogP contribution in [0.15, 0.2) is 0 Å². The third kappa shape index (κ3) is 1.58. The van der Waals surface area contributed by atoms with Gasteiger partial charge in [0.25, 0.3) is 0 Å². The number of methoxy groups -OCH3 is 1. The maximum absolute atomic E-state index is 9.55. The van der Waals surface area contributed by atoms with E-state index in [0.29, 0.717) is 6.42 Å². The predicted molar refractivity (Wildman–Crippen MR) is 44.0 cm³/mol. The van der Waals surface area contributed by atoms with E-state index in [-0.39, 0.29) is 0 Å². The van der Waals surface area contributed by atoms with Gasteiger partial charge in [-0.1, -0.05) is 6.92 Å². The molecule has 0 bridgehead atoms. The molecule has 0 aliphatic carbocycles. The van der Waals surface area contributed by atoms with Crippen LogP contribution in [0.4, 0.5) is 0 Å². The molecule has 0 spiro atoms. The lowest BCUT2D eigenvalue weighted by molar-refractivity contribution is -0.261. The Labute approximate surface area is 76.9 Å². The number of hydrogen-bond acceptors (Lipinski definition) is 5. The molecule has 0 aromatic heterocycles. The van der Waals surface area contributed by atoms with Crippen molar-refractivity contribution in [3.05, 3.63) is 0 Å². The van der Waals surface area contributed by atoms with Crippen LogP contribution in [0, 0.1) is 0 Å². The molecule has 3 N–H and O–H groups in total. The van der Waals surface area contributed by atoms with Gasteiger partial charge in [-0.2, -0.15) is 0 Å². The van der Waals surface area contributed by atoms with Crippen LogP contribution in [0.2, 0.25) is 0 Å². The Morgan fingerprint density at radius 3 is 2.31 bits per heavy atom. The second-order valence-electron chi connectivity index (χ2n) is 3.17. The molecule has 0 aromatic carbocycles. The molecule has 1 saturated heterocycles. The van der Waals surface area contributed by atoms with Crippen molar-refractivity contribution >= 4 is 0 Å². The van der Waals surface area contributed by atoms with Gasteiger partial charge in [0.15, 0.2) is 0 Å². The van der Waals surface area contributed by atoms with Crippen molar-refractivity contribution in [2.45, 2.75) is 37.4 Å². The molecule has 0 unspecified atom stereocenters. The first kappa shape index (κ1) is 10.9. The zero-order valence-electron chi connectivity index (χ0n) is 7.80. The SMILES string of the molecule is CC[C@H]1O[C@@](CO)(OC)[C@@H](O)[C@@H]1O. The van der Waals surface area contributed by atoms with Gasteiger partial charge in [-0.25, -0.2) is 0 Å². The van der Waals surface area contributed by atoms with Crippen molar-refractivity contribution in [1.29, 1.82) is 0 Å². The lowest BCUT2D eigenvalue weighted by atomic mass is 10.0. The maximum Gasteiger partial charge on any atom is 0.221 e. The Hall–Kier alpha value is -0.200. The Morgan fingerprint density at radius 1 is 1.46 bits per heavy atom. The fourth-order valence-corrected chi connectivity index (χ4v) is 1.55. The van der Waals surface area contributed by atoms with Gasteiger partial charge in [-0.3, -0.25) is 0 Å². The highest BCUT2D eigenvalue weighted by Gasteiger charge is 2.53. The molecule has 1 rings (SSSR count). The summed E-state index contributed by atoms with van der Waals surface area (Å²) in [5.41, 5.74) is 0. The molecule has 13 heavy (non-hydrogen) atoms. The summed E-state index contributed by atoms with van der Waals surface area (Å²) >= 11 is 0. The first-order chi connectivity index (χ1) is 6.11. The zero-order valence-corrected chi connectivity index (χ0v) is 7.80. The Bertz CT molecular complexity index is 168. The zero-order chi connectivity index (χ0) is 10.1. The quantitative estimate of drug-likeness (QED) is 0.526. The monoisotopic (exact) mass is 192 g/mol. The van der Waals surface area contributed by atoms with Gasteiger partial charge in [0.2, 0.25) is 5.79 Å². The topological polar surface area (TPSA) is 79.2 Å². The van der Waals surface area contributed by atoms with Crippen LogP contribution in [0.1, 0.15) is 13.3 Å². The highest BCUT2D eigenvalue weighted by Crippen LogP contribution is 2.32. The average Bonchev–Trinajstić information content (AvgIpc) is 2.42. The minimum absolute atomic E-state index is 0.474. The highest BCUT2D eigenvalue weighted by atomic mass is 16.7. The largest absolute Gasteiger partial charge is 0.391 e. The summed E-state index contributed by atoms with van der Waals surface area (Å²) in [4.78, 5) is 0. The molecular formula is C8H16O5. The minimum atomic E-state index is -1.46. The average molecular weight is 192 g/mol. The van der Waals surface area contributed by atoms with Crippen molar-refractivity contribution in [2.24, 2.45) is 0 Å². The summed E-state index contributed by atoms with van der Waals surface area (Å²) < 4.78 is 10.1. The third-order valence-electron chi connectivity index (χ3n) is 2.47. The predicted octanol–water partition coefficient (Wildman–Crippen LogP) is -1.15. The summed E-state index contributed by atoms with van der Waals surface area (Å²) in [6.45, 7) is 1.35. The number of aliphatic hydroxyl groups excluding tert-OH is 3. The van der Waals surface area contributed by atoms with E-state index in [2.05, 4.69) is 0 Å². The standard InChI is InChI=1S/C8H16O5/c1-3-5-6(10)7(11)8(4-9,12-2)13-5/h5-7,9-11H,3-4H2,1-2H3/t5-,6-,7+,8-/m1/s1. The van der Waals surface area contributed by atoms with Crippen LogP contribution in [0.25, 0.3) is 0 Å². The molecule has 5 heteroatoms. The highest BCUT2D eigenvalue weighted by molar-refractivity contribution is 4.95. The number of rotatable bonds is 3. The van der Waals surface area contributed by atoms with Crippen molar-refractivity contribution in [3.8, 4) is 0 Å². The molecular weight excluding hydrogens is 176 g/mol. The van der Waals surface area contributed by atoms with Gasteiger partial charge in [0, 0.05) is 7.11 Å². The van der Waals surface area contributed by atoms with Crippen molar-refractivity contribution in [2.75, 3.05) is 13.7 Å². The van der Waals surface area contributed by atoms with Gasteiger partial charge >= 0.3 is 0 Å². The summed E-state index contributed by atoms with van der Waals surface area (Å²) in [5, 5.41) is 28.0. The summed E-state index contributed by atoms with van der Waals surface area (Å²) in [5.74, 6) is -1.46. The Morgan fingerprint density at radius 2 is 2.08 bits per heavy atom. The molecule has 0 aromatic rings. The van der Waals surface area contributed by atoms with Crippen molar-refractivity contribution < 1.29 is 24.8 Å². The second-order valence-corrected chi connectivity index (χ2v) is 3.17. The van der Waals surface area contributed by atoms with E-state index in [9.17, 15) is 10.2 Å². The molecule has 78 valence electrons. The van der Waals surface area contributed by atoms with Gasteiger partial charge in [-0.05, 0) is 6.42 Å². The molecule has 0 saturated carbocycles. The number of ether oxygens (including phenoxy) is 2. The second kappa shape index (κ2) is 3.89. The molecule has 4 atom stereocenters. The number of aliphatic hydroxyl groups is 3. The van der Waals surface area contributed by atoms with E-state index in [1.807, 2.05) is 6.92 Å². The summed E-state index contributed by atoms with van der Waals surface area (Å²) in [7, 11) is 1.32. The van der Waals surface area contributed by atoms with Gasteiger partial charge in [-0.15, -0.1) is 0 Å². The van der Waals surface area contributed by atoms with Gasteiger partial charge in [0.1, 0.15) is 18.8 Å². The number of hydrogen-bond donors (Lipinski definition) is 3. The Kier molecular flexibility index (Phi) is 3.26. The van der Waals surface area contributed by atoms with E-state index >= 15 is 0 Å². The molecule has 5 nitrogen and oxygen atoms in total. The van der Waals surface area contributed by atoms with Crippen LogP contribution >= 0.6 is 0 Å². The smallest absolute Gasteiger partial charge is 0.221 e. The van der Waals surface area contributed by atoms with Crippen LogP contribution < -0.4 is 0 Å². The van der Waals surface area contributed by atoms with E-state index in [0.717, 1.165) is 0 Å². The lowest BCUT2D eigenvalue weighted by Gasteiger charge is -2.27. The van der Waals surface area contributed by atoms with Gasteiger partial charge < -0.3 is 24.8 Å². The van der Waals surface area contributed by atoms with E-state index in [4.69, 9.17) is 14.6 Å². The van der Waals surface area contributed by atoms with Crippen molar-refractivity contribution in [3.63, 3.8) is 0 Å². The van der Waals surface area contributed by atoms with Crippen LogP contribution in [-0.4, -0.2) is 53.1 Å². The molecule has 1 aliphatic heterocycles. The maximum atomic E-state index is 9.55. The fraction of sp³-hybridized carbons (Fsp3) is 1.00. The molecule has 1 aliphatic rings. The normalized spacial score (nSPS) is 45.5. The first-order valence-electron chi connectivity index (χ1n) is 4.31. The van der Waals surface area contributed by atoms with Crippen LogP contribution in [-0.2, 0) is 9.47 Å². The van der Waals surface area contributed by atoms with Crippen LogP contribution in [0.3, 0.4) is 0 Å². The minimum Gasteiger partial charge on any atom is -0.391 e. The summed E-state index contributed by atoms with van der Waals surface area (Å²) in [6.07, 6.45) is -2.13. The molecule has 1 fully saturated rings. The molecule has 1 heterocycles.